The van der Waals surface area contributed by atoms with Crippen molar-refractivity contribution in [3.05, 3.63) is 53.1 Å². The Morgan fingerprint density at radius 2 is 1.53 bits per heavy atom. The monoisotopic (exact) mass is 256 g/mol. The maximum absolute atomic E-state index is 6.08. The summed E-state index contributed by atoms with van der Waals surface area (Å²) < 4.78 is 5.26. The molecule has 0 aliphatic carbocycles. The summed E-state index contributed by atoms with van der Waals surface area (Å²) >= 11 is 0. The van der Waals surface area contributed by atoms with Crippen molar-refractivity contribution in [2.75, 3.05) is 18.6 Å². The number of benzene rings is 2. The molecule has 4 N–H and O–H groups in total. The summed E-state index contributed by atoms with van der Waals surface area (Å²) in [5, 5.41) is 0. The lowest BCUT2D eigenvalue weighted by molar-refractivity contribution is 0.414. The fourth-order valence-corrected chi connectivity index (χ4v) is 2.29. The van der Waals surface area contributed by atoms with E-state index in [1.165, 1.54) is 5.56 Å². The van der Waals surface area contributed by atoms with Crippen molar-refractivity contribution in [2.24, 2.45) is 0 Å². The summed E-state index contributed by atoms with van der Waals surface area (Å²) in [5.74, 6) is 0.942. The number of hydrogen-bond donors (Lipinski definition) is 2. The second kappa shape index (κ2) is 5.22. The lowest BCUT2D eigenvalue weighted by atomic mass is 9.90. The maximum Gasteiger partial charge on any atom is 0.119 e. The number of hydrogen-bond acceptors (Lipinski definition) is 3. The van der Waals surface area contributed by atoms with Gasteiger partial charge in [-0.05, 0) is 42.3 Å². The van der Waals surface area contributed by atoms with Crippen LogP contribution in [0.25, 0.3) is 0 Å². The molecule has 0 aliphatic heterocycles. The van der Waals surface area contributed by atoms with Crippen LogP contribution in [0.3, 0.4) is 0 Å². The third kappa shape index (κ3) is 2.65. The van der Waals surface area contributed by atoms with Crippen molar-refractivity contribution in [3.63, 3.8) is 0 Å². The molecule has 2 aromatic carbocycles. The zero-order valence-corrected chi connectivity index (χ0v) is 11.6. The van der Waals surface area contributed by atoms with Crippen LogP contribution in [0.15, 0.2) is 36.4 Å². The lowest BCUT2D eigenvalue weighted by Crippen LogP contribution is -2.05. The van der Waals surface area contributed by atoms with Crippen molar-refractivity contribution in [2.45, 2.75) is 19.8 Å². The Kier molecular flexibility index (Phi) is 3.65. The zero-order chi connectivity index (χ0) is 14.0. The van der Waals surface area contributed by atoms with E-state index in [-0.39, 0.29) is 5.92 Å². The van der Waals surface area contributed by atoms with E-state index in [2.05, 4.69) is 19.9 Å². The largest absolute Gasteiger partial charge is 0.497 e. The first-order valence-electron chi connectivity index (χ1n) is 6.32. The average Bonchev–Trinajstić information content (AvgIpc) is 2.41. The third-order valence-electron chi connectivity index (χ3n) is 3.47. The van der Waals surface area contributed by atoms with Crippen LogP contribution in [-0.4, -0.2) is 7.11 Å². The van der Waals surface area contributed by atoms with E-state index in [0.717, 1.165) is 28.3 Å². The third-order valence-corrected chi connectivity index (χ3v) is 3.47. The van der Waals surface area contributed by atoms with Gasteiger partial charge in [-0.25, -0.2) is 0 Å². The van der Waals surface area contributed by atoms with Gasteiger partial charge in [0, 0.05) is 17.3 Å². The van der Waals surface area contributed by atoms with Gasteiger partial charge < -0.3 is 16.2 Å². The molecule has 0 bridgehead atoms. The Hall–Kier alpha value is -2.16. The van der Waals surface area contributed by atoms with Gasteiger partial charge >= 0.3 is 0 Å². The molecule has 0 saturated heterocycles. The van der Waals surface area contributed by atoms with Gasteiger partial charge in [-0.1, -0.05) is 24.6 Å². The highest BCUT2D eigenvalue weighted by Crippen LogP contribution is 2.34. The molecule has 0 saturated carbocycles. The highest BCUT2D eigenvalue weighted by molar-refractivity contribution is 5.59. The van der Waals surface area contributed by atoms with E-state index in [0.29, 0.717) is 0 Å². The molecule has 0 fully saturated rings. The highest BCUT2D eigenvalue weighted by atomic mass is 16.5. The number of nitrogens with two attached hydrogens (primary N) is 2. The lowest BCUT2D eigenvalue weighted by Gasteiger charge is -2.18. The van der Waals surface area contributed by atoms with Gasteiger partial charge in [0.2, 0.25) is 0 Å². The van der Waals surface area contributed by atoms with Crippen molar-refractivity contribution in [1.82, 2.24) is 0 Å². The van der Waals surface area contributed by atoms with Crippen LogP contribution in [0.1, 0.15) is 29.5 Å². The number of methoxy groups -OCH3 is 1. The number of rotatable bonds is 3. The molecule has 1 atom stereocenters. The van der Waals surface area contributed by atoms with Gasteiger partial charge in [-0.3, -0.25) is 0 Å². The number of anilines is 2. The van der Waals surface area contributed by atoms with Gasteiger partial charge in [0.05, 0.1) is 7.11 Å². The standard InChI is InChI=1S/C16H20N2O/c1-10-4-6-15(17)13(8-10)11(2)14-9-12(19-3)5-7-16(14)18/h4-9,11H,17-18H2,1-3H3. The first-order chi connectivity index (χ1) is 9.02. The average molecular weight is 256 g/mol. The highest BCUT2D eigenvalue weighted by Gasteiger charge is 2.15. The van der Waals surface area contributed by atoms with Crippen LogP contribution in [0, 0.1) is 6.92 Å². The molecule has 0 amide bonds. The molecule has 3 nitrogen and oxygen atoms in total. The molecule has 0 aromatic heterocycles. The summed E-state index contributed by atoms with van der Waals surface area (Å²) in [6.07, 6.45) is 0. The van der Waals surface area contributed by atoms with Crippen molar-refractivity contribution in [1.29, 1.82) is 0 Å². The molecule has 3 heteroatoms. The van der Waals surface area contributed by atoms with Gasteiger partial charge in [-0.15, -0.1) is 0 Å². The smallest absolute Gasteiger partial charge is 0.119 e. The maximum atomic E-state index is 6.08. The predicted octanol–water partition coefficient (Wildman–Crippen LogP) is 3.32. The van der Waals surface area contributed by atoms with E-state index in [4.69, 9.17) is 16.2 Å². The minimum Gasteiger partial charge on any atom is -0.497 e. The van der Waals surface area contributed by atoms with Crippen molar-refractivity contribution in [3.8, 4) is 5.75 Å². The van der Waals surface area contributed by atoms with Gasteiger partial charge in [0.25, 0.3) is 0 Å². The zero-order valence-electron chi connectivity index (χ0n) is 11.6. The number of nitrogen functional groups attached to an aromatic ring is 2. The van der Waals surface area contributed by atoms with Gasteiger partial charge in [0.15, 0.2) is 0 Å². The molecular formula is C16H20N2O. The first kappa shape index (κ1) is 13.3. The Balaban J connectivity index is 2.48. The fraction of sp³-hybridized carbons (Fsp3) is 0.250. The van der Waals surface area contributed by atoms with Crippen molar-refractivity contribution < 1.29 is 4.74 Å². The van der Waals surface area contributed by atoms with Crippen LogP contribution in [-0.2, 0) is 0 Å². The number of aryl methyl sites for hydroxylation is 1. The molecule has 100 valence electrons. The summed E-state index contributed by atoms with van der Waals surface area (Å²) in [4.78, 5) is 0. The molecule has 2 rings (SSSR count). The molecule has 0 heterocycles. The van der Waals surface area contributed by atoms with Gasteiger partial charge in [-0.2, -0.15) is 0 Å². The fourth-order valence-electron chi connectivity index (χ4n) is 2.29. The molecule has 19 heavy (non-hydrogen) atoms. The van der Waals surface area contributed by atoms with E-state index < -0.39 is 0 Å². The molecule has 0 radical (unpaired) electrons. The van der Waals surface area contributed by atoms with Crippen LogP contribution < -0.4 is 16.2 Å². The summed E-state index contributed by atoms with van der Waals surface area (Å²) in [6.45, 7) is 4.17. The van der Waals surface area contributed by atoms with E-state index in [1.54, 1.807) is 7.11 Å². The minimum atomic E-state index is 0.134. The normalized spacial score (nSPS) is 12.2. The minimum absolute atomic E-state index is 0.134. The molecule has 1 unspecified atom stereocenters. The summed E-state index contributed by atoms with van der Waals surface area (Å²) in [6, 6.07) is 11.8. The second-order valence-corrected chi connectivity index (χ2v) is 4.85. The Bertz CT molecular complexity index is 593. The van der Waals surface area contributed by atoms with Crippen LogP contribution >= 0.6 is 0 Å². The molecule has 2 aromatic rings. The molecule has 0 spiro atoms. The van der Waals surface area contributed by atoms with Crippen LogP contribution in [0.2, 0.25) is 0 Å². The van der Waals surface area contributed by atoms with Crippen LogP contribution in [0.4, 0.5) is 11.4 Å². The summed E-state index contributed by atoms with van der Waals surface area (Å²) in [5.41, 5.74) is 17.0. The molecule has 0 aliphatic rings. The van der Waals surface area contributed by atoms with E-state index >= 15 is 0 Å². The molecular weight excluding hydrogens is 236 g/mol. The van der Waals surface area contributed by atoms with Gasteiger partial charge in [0.1, 0.15) is 5.75 Å². The SMILES string of the molecule is COc1ccc(N)c(C(C)c2cc(C)ccc2N)c1. The quantitative estimate of drug-likeness (QED) is 0.828. The van der Waals surface area contributed by atoms with Crippen LogP contribution in [0.5, 0.6) is 5.75 Å². The topological polar surface area (TPSA) is 61.3 Å². The Morgan fingerprint density at radius 3 is 2.16 bits per heavy atom. The Morgan fingerprint density at radius 1 is 0.947 bits per heavy atom. The first-order valence-corrected chi connectivity index (χ1v) is 6.32. The second-order valence-electron chi connectivity index (χ2n) is 4.85. The number of ether oxygens (including phenoxy) is 1. The van der Waals surface area contributed by atoms with E-state index in [1.807, 2.05) is 30.3 Å². The van der Waals surface area contributed by atoms with Crippen molar-refractivity contribution >= 4 is 11.4 Å². The summed E-state index contributed by atoms with van der Waals surface area (Å²) in [7, 11) is 1.65. The predicted molar refractivity (Wildman–Crippen MR) is 80.5 cm³/mol. The van der Waals surface area contributed by atoms with E-state index in [9.17, 15) is 0 Å². The Labute approximate surface area is 114 Å².